The summed E-state index contributed by atoms with van der Waals surface area (Å²) in [5.74, 6) is 8.49. The van der Waals surface area contributed by atoms with Gasteiger partial charge in [0.2, 0.25) is 0 Å². The van der Waals surface area contributed by atoms with Crippen LogP contribution in [0, 0.1) is 29.1 Å². The third kappa shape index (κ3) is 2.85. The molecule has 0 aromatic heterocycles. The number of fused-ring (bicyclic) bond motifs is 5. The first kappa shape index (κ1) is 18.6. The number of aliphatic hydroxyl groups is 1. The Bertz CT molecular complexity index is 1020. The molecule has 0 heterocycles. The van der Waals surface area contributed by atoms with Crippen LogP contribution in [0.25, 0.3) is 0 Å². The van der Waals surface area contributed by atoms with E-state index in [1.165, 1.54) is 11.1 Å². The molecule has 0 unspecified atom stereocenters. The number of nitrogens with two attached hydrogens (primary N) is 1. The van der Waals surface area contributed by atoms with Crippen LogP contribution in [0.4, 0.5) is 5.69 Å². The SMILES string of the molecule is C[C@]12CC[C@@H]3c4ccc(O)cc4CC[C@H]3[C@@H]1CC[C@@]2(O)C#Cc1cccc(N)c1. The predicted molar refractivity (Wildman–Crippen MR) is 115 cm³/mol. The first-order valence-electron chi connectivity index (χ1n) is 10.8. The van der Waals surface area contributed by atoms with Crippen LogP contribution < -0.4 is 5.73 Å². The van der Waals surface area contributed by atoms with E-state index in [0.29, 0.717) is 29.2 Å². The molecular weight excluding hydrogens is 358 g/mol. The van der Waals surface area contributed by atoms with Gasteiger partial charge in [-0.05, 0) is 97.7 Å². The third-order valence-electron chi connectivity index (χ3n) is 8.16. The number of anilines is 1. The molecule has 0 saturated heterocycles. The van der Waals surface area contributed by atoms with E-state index in [-0.39, 0.29) is 5.41 Å². The Kier molecular flexibility index (Phi) is 4.19. The maximum atomic E-state index is 11.7. The third-order valence-corrected chi connectivity index (χ3v) is 8.16. The van der Waals surface area contributed by atoms with E-state index in [2.05, 4.69) is 24.8 Å². The van der Waals surface area contributed by atoms with E-state index in [1.807, 2.05) is 36.4 Å². The first-order valence-corrected chi connectivity index (χ1v) is 10.8. The van der Waals surface area contributed by atoms with Crippen LogP contribution in [0.2, 0.25) is 0 Å². The second-order valence-corrected chi connectivity index (χ2v) is 9.53. The van der Waals surface area contributed by atoms with Crippen molar-refractivity contribution < 1.29 is 10.2 Å². The van der Waals surface area contributed by atoms with Gasteiger partial charge in [0.1, 0.15) is 11.4 Å². The second kappa shape index (κ2) is 6.54. The Morgan fingerprint density at radius 3 is 2.76 bits per heavy atom. The summed E-state index contributed by atoms with van der Waals surface area (Å²) < 4.78 is 0. The maximum Gasteiger partial charge on any atom is 0.131 e. The van der Waals surface area contributed by atoms with E-state index >= 15 is 0 Å². The van der Waals surface area contributed by atoms with Crippen LogP contribution in [-0.2, 0) is 6.42 Å². The van der Waals surface area contributed by atoms with Gasteiger partial charge in [-0.25, -0.2) is 0 Å². The molecule has 0 radical (unpaired) electrons. The summed E-state index contributed by atoms with van der Waals surface area (Å²) in [5.41, 5.74) is 9.07. The molecule has 3 heteroatoms. The Morgan fingerprint density at radius 1 is 1.07 bits per heavy atom. The fourth-order valence-corrected chi connectivity index (χ4v) is 6.58. The zero-order chi connectivity index (χ0) is 20.2. The largest absolute Gasteiger partial charge is 0.508 e. The number of benzene rings is 2. The molecule has 5 rings (SSSR count). The van der Waals surface area contributed by atoms with Gasteiger partial charge in [0.15, 0.2) is 0 Å². The minimum absolute atomic E-state index is 0.171. The first-order chi connectivity index (χ1) is 13.9. The van der Waals surface area contributed by atoms with Crippen LogP contribution in [-0.4, -0.2) is 15.8 Å². The van der Waals surface area contributed by atoms with Gasteiger partial charge < -0.3 is 15.9 Å². The summed E-state index contributed by atoms with van der Waals surface area (Å²) in [6.45, 7) is 2.27. The van der Waals surface area contributed by atoms with Gasteiger partial charge in [-0.1, -0.05) is 30.9 Å². The predicted octanol–water partition coefficient (Wildman–Crippen LogP) is 4.61. The van der Waals surface area contributed by atoms with Crippen LogP contribution in [0.3, 0.4) is 0 Å². The lowest BCUT2D eigenvalue weighted by molar-refractivity contribution is -0.0647. The van der Waals surface area contributed by atoms with Gasteiger partial charge in [-0.15, -0.1) is 0 Å². The summed E-state index contributed by atoms with van der Waals surface area (Å²) in [7, 11) is 0. The van der Waals surface area contributed by atoms with Crippen molar-refractivity contribution in [2.75, 3.05) is 5.73 Å². The molecule has 2 aromatic carbocycles. The topological polar surface area (TPSA) is 66.5 Å². The molecule has 2 aromatic rings. The molecule has 3 aliphatic rings. The van der Waals surface area contributed by atoms with Crippen LogP contribution in [0.1, 0.15) is 61.6 Å². The monoisotopic (exact) mass is 387 g/mol. The van der Waals surface area contributed by atoms with Gasteiger partial charge in [-0.2, -0.15) is 0 Å². The van der Waals surface area contributed by atoms with Gasteiger partial charge in [0.05, 0.1) is 0 Å². The lowest BCUT2D eigenvalue weighted by atomic mass is 9.53. The summed E-state index contributed by atoms with van der Waals surface area (Å²) in [6.07, 6.45) is 6.01. The molecule has 4 N–H and O–H groups in total. The molecule has 0 bridgehead atoms. The highest BCUT2D eigenvalue weighted by Gasteiger charge is 2.61. The number of nitrogen functional groups attached to an aromatic ring is 1. The number of aromatic hydroxyl groups is 1. The number of rotatable bonds is 0. The standard InChI is InChI=1S/C26H29NO2/c1-25-12-10-22-21-8-6-20(28)16-18(21)5-7-23(22)24(25)11-14-26(25,29)13-9-17-3-2-4-19(27)15-17/h2-4,6,8,15-16,22-24,28-29H,5,7,10-12,14,27H2,1H3/t22-,23-,24+,25+,26+/m1/s1. The maximum absolute atomic E-state index is 11.7. The Hall–Kier alpha value is -2.44. The van der Waals surface area contributed by atoms with Crippen molar-refractivity contribution in [2.24, 2.45) is 17.3 Å². The molecule has 2 saturated carbocycles. The lowest BCUT2D eigenvalue weighted by Gasteiger charge is -2.52. The molecule has 0 aliphatic heterocycles. The number of hydrogen-bond donors (Lipinski definition) is 3. The van der Waals surface area contributed by atoms with Crippen molar-refractivity contribution in [1.82, 2.24) is 0 Å². The van der Waals surface area contributed by atoms with E-state index in [4.69, 9.17) is 5.73 Å². The number of aryl methyl sites for hydroxylation is 1. The van der Waals surface area contributed by atoms with Gasteiger partial charge in [0.25, 0.3) is 0 Å². The highest BCUT2D eigenvalue weighted by atomic mass is 16.3. The van der Waals surface area contributed by atoms with Crippen molar-refractivity contribution in [3.8, 4) is 17.6 Å². The number of phenols is 1. The Labute approximate surface area is 173 Å². The number of phenolic OH excluding ortho intramolecular Hbond substituents is 1. The van der Waals surface area contributed by atoms with Gasteiger partial charge in [-0.3, -0.25) is 0 Å². The van der Waals surface area contributed by atoms with Gasteiger partial charge >= 0.3 is 0 Å². The fourth-order valence-electron chi connectivity index (χ4n) is 6.58. The molecule has 0 amide bonds. The van der Waals surface area contributed by atoms with Crippen molar-refractivity contribution in [3.63, 3.8) is 0 Å². The normalized spacial score (nSPS) is 35.0. The van der Waals surface area contributed by atoms with E-state index < -0.39 is 5.60 Å². The van der Waals surface area contributed by atoms with Crippen LogP contribution >= 0.6 is 0 Å². The molecular formula is C26H29NO2. The quantitative estimate of drug-likeness (QED) is 0.457. The molecule has 5 atom stereocenters. The Balaban J connectivity index is 1.45. The van der Waals surface area contributed by atoms with Crippen LogP contribution in [0.15, 0.2) is 42.5 Å². The summed E-state index contributed by atoms with van der Waals surface area (Å²) >= 11 is 0. The summed E-state index contributed by atoms with van der Waals surface area (Å²) in [4.78, 5) is 0. The van der Waals surface area contributed by atoms with E-state index in [1.54, 1.807) is 0 Å². The molecule has 0 spiro atoms. The average Bonchev–Trinajstić information content (AvgIpc) is 2.97. The highest BCUT2D eigenvalue weighted by molar-refractivity contribution is 5.48. The van der Waals surface area contributed by atoms with Crippen molar-refractivity contribution >= 4 is 5.69 Å². The van der Waals surface area contributed by atoms with Crippen LogP contribution in [0.5, 0.6) is 5.75 Å². The van der Waals surface area contributed by atoms with Gasteiger partial charge in [0, 0.05) is 16.7 Å². The zero-order valence-corrected chi connectivity index (χ0v) is 17.0. The van der Waals surface area contributed by atoms with Crippen molar-refractivity contribution in [3.05, 3.63) is 59.2 Å². The minimum atomic E-state index is -0.942. The number of hydrogen-bond acceptors (Lipinski definition) is 3. The summed E-state index contributed by atoms with van der Waals surface area (Å²) in [6, 6.07) is 13.5. The summed E-state index contributed by atoms with van der Waals surface area (Å²) in [5, 5.41) is 21.5. The molecule has 3 aliphatic carbocycles. The van der Waals surface area contributed by atoms with E-state index in [0.717, 1.165) is 44.1 Å². The van der Waals surface area contributed by atoms with Crippen molar-refractivity contribution in [2.45, 2.75) is 57.0 Å². The Morgan fingerprint density at radius 2 is 1.93 bits per heavy atom. The fraction of sp³-hybridized carbons (Fsp3) is 0.462. The minimum Gasteiger partial charge on any atom is -0.508 e. The molecule has 3 nitrogen and oxygen atoms in total. The lowest BCUT2D eigenvalue weighted by Crippen LogP contribution is -2.50. The average molecular weight is 388 g/mol. The van der Waals surface area contributed by atoms with Crippen molar-refractivity contribution in [1.29, 1.82) is 0 Å². The smallest absolute Gasteiger partial charge is 0.131 e. The molecule has 2 fully saturated rings. The zero-order valence-electron chi connectivity index (χ0n) is 17.0. The molecule has 29 heavy (non-hydrogen) atoms. The molecule has 150 valence electrons. The second-order valence-electron chi connectivity index (χ2n) is 9.53. The van der Waals surface area contributed by atoms with E-state index in [9.17, 15) is 10.2 Å². The highest BCUT2D eigenvalue weighted by Crippen LogP contribution is 2.64.